The molecule has 3 N–H and O–H groups in total. The maximum absolute atomic E-state index is 13.0. The van der Waals surface area contributed by atoms with E-state index in [9.17, 15) is 19.2 Å². The number of nitrogens with one attached hydrogen (secondary N) is 1. The quantitative estimate of drug-likeness (QED) is 0.355. The fourth-order valence-electron chi connectivity index (χ4n) is 3.14. The Kier molecular flexibility index (Phi) is 7.11. The van der Waals surface area contributed by atoms with Gasteiger partial charge in [-0.3, -0.25) is 23.5 Å². The SMILES string of the molecule is CC(=O)Nc1cccc(-n2nnnc2SCC(=O)c2c(N)n(CC(C)C)c(=O)n(C)c2=O)c1. The van der Waals surface area contributed by atoms with Gasteiger partial charge in [0.05, 0.1) is 11.4 Å². The van der Waals surface area contributed by atoms with Crippen LogP contribution < -0.4 is 22.3 Å². The molecule has 1 amide bonds. The van der Waals surface area contributed by atoms with Gasteiger partial charge in [-0.2, -0.15) is 4.68 Å². The Labute approximate surface area is 192 Å². The van der Waals surface area contributed by atoms with Gasteiger partial charge >= 0.3 is 5.69 Å². The van der Waals surface area contributed by atoms with Crippen LogP contribution in [0.15, 0.2) is 39.0 Å². The van der Waals surface area contributed by atoms with Crippen molar-refractivity contribution in [2.24, 2.45) is 13.0 Å². The molecule has 0 aliphatic rings. The number of nitrogens with two attached hydrogens (primary N) is 1. The van der Waals surface area contributed by atoms with Crippen molar-refractivity contribution in [3.63, 3.8) is 0 Å². The summed E-state index contributed by atoms with van der Waals surface area (Å²) in [5.74, 6) is -1.01. The van der Waals surface area contributed by atoms with Crippen molar-refractivity contribution in [3.05, 3.63) is 50.7 Å². The summed E-state index contributed by atoms with van der Waals surface area (Å²) in [5, 5.41) is 14.5. The molecule has 2 aromatic heterocycles. The predicted molar refractivity (Wildman–Crippen MR) is 124 cm³/mol. The molecular formula is C20H24N8O4S. The Balaban J connectivity index is 1.87. The van der Waals surface area contributed by atoms with E-state index in [1.54, 1.807) is 24.3 Å². The third-order valence-electron chi connectivity index (χ3n) is 4.59. The molecule has 0 saturated carbocycles. The van der Waals surface area contributed by atoms with Gasteiger partial charge in [-0.15, -0.1) is 5.10 Å². The van der Waals surface area contributed by atoms with Gasteiger partial charge in [0.15, 0.2) is 5.78 Å². The Hall–Kier alpha value is -3.74. The number of rotatable bonds is 8. The topological polar surface area (TPSA) is 160 Å². The molecule has 1 aromatic carbocycles. The second kappa shape index (κ2) is 9.81. The largest absolute Gasteiger partial charge is 0.384 e. The summed E-state index contributed by atoms with van der Waals surface area (Å²) < 4.78 is 3.53. The lowest BCUT2D eigenvalue weighted by Crippen LogP contribution is -2.43. The van der Waals surface area contributed by atoms with Gasteiger partial charge in [-0.1, -0.05) is 31.7 Å². The lowest BCUT2D eigenvalue weighted by atomic mass is 10.2. The van der Waals surface area contributed by atoms with Crippen molar-refractivity contribution in [2.75, 3.05) is 16.8 Å². The van der Waals surface area contributed by atoms with Crippen molar-refractivity contribution >= 4 is 35.0 Å². The van der Waals surface area contributed by atoms with Crippen LogP contribution in [-0.2, 0) is 18.4 Å². The monoisotopic (exact) mass is 472 g/mol. The molecule has 0 aliphatic heterocycles. The zero-order valence-electron chi connectivity index (χ0n) is 18.6. The minimum absolute atomic E-state index is 0.0812. The molecule has 0 atom stereocenters. The van der Waals surface area contributed by atoms with Crippen molar-refractivity contribution in [3.8, 4) is 5.69 Å². The van der Waals surface area contributed by atoms with Gasteiger partial charge in [0, 0.05) is 26.2 Å². The molecule has 2 heterocycles. The first-order valence-corrected chi connectivity index (χ1v) is 11.0. The average molecular weight is 473 g/mol. The van der Waals surface area contributed by atoms with Crippen LogP contribution in [0.4, 0.5) is 11.5 Å². The van der Waals surface area contributed by atoms with Gasteiger partial charge < -0.3 is 11.1 Å². The molecule has 0 bridgehead atoms. The van der Waals surface area contributed by atoms with E-state index in [4.69, 9.17) is 5.73 Å². The summed E-state index contributed by atoms with van der Waals surface area (Å²) in [6, 6.07) is 6.86. The molecule has 3 aromatic rings. The molecule has 0 aliphatic carbocycles. The van der Waals surface area contributed by atoms with Crippen LogP contribution in [0.5, 0.6) is 0 Å². The maximum Gasteiger partial charge on any atom is 0.332 e. The van der Waals surface area contributed by atoms with E-state index in [0.717, 1.165) is 16.3 Å². The van der Waals surface area contributed by atoms with Gasteiger partial charge in [0.1, 0.15) is 11.4 Å². The van der Waals surface area contributed by atoms with E-state index < -0.39 is 17.0 Å². The van der Waals surface area contributed by atoms with Crippen LogP contribution >= 0.6 is 11.8 Å². The lowest BCUT2D eigenvalue weighted by Gasteiger charge is -2.16. The number of amides is 1. The van der Waals surface area contributed by atoms with Crippen LogP contribution in [0.25, 0.3) is 5.69 Å². The van der Waals surface area contributed by atoms with Crippen LogP contribution in [0, 0.1) is 5.92 Å². The van der Waals surface area contributed by atoms with Gasteiger partial charge in [0.25, 0.3) is 5.56 Å². The number of anilines is 2. The number of ketones is 1. The van der Waals surface area contributed by atoms with Crippen molar-refractivity contribution in [1.82, 2.24) is 29.3 Å². The van der Waals surface area contributed by atoms with Crippen LogP contribution in [0.2, 0.25) is 0 Å². The average Bonchev–Trinajstić information content (AvgIpc) is 3.22. The van der Waals surface area contributed by atoms with Gasteiger partial charge in [-0.25, -0.2) is 4.79 Å². The molecule has 13 heteroatoms. The third-order valence-corrected chi connectivity index (χ3v) is 5.51. The molecule has 33 heavy (non-hydrogen) atoms. The van der Waals surface area contributed by atoms with Gasteiger partial charge in [0.2, 0.25) is 11.1 Å². The lowest BCUT2D eigenvalue weighted by molar-refractivity contribution is -0.114. The number of hydrogen-bond donors (Lipinski definition) is 2. The number of nitrogens with zero attached hydrogens (tertiary/aromatic N) is 6. The van der Waals surface area contributed by atoms with E-state index in [1.165, 1.54) is 23.2 Å². The number of Topliss-reactive ketones (excluding diaryl/α,β-unsaturated/α-hetero) is 1. The minimum atomic E-state index is -0.745. The summed E-state index contributed by atoms with van der Waals surface area (Å²) >= 11 is 1.02. The number of nitrogen functional groups attached to an aromatic ring is 1. The summed E-state index contributed by atoms with van der Waals surface area (Å²) in [6.07, 6.45) is 0. The van der Waals surface area contributed by atoms with Crippen LogP contribution in [0.3, 0.4) is 0 Å². The first-order chi connectivity index (χ1) is 15.6. The first-order valence-electron chi connectivity index (χ1n) is 10.0. The van der Waals surface area contributed by atoms with Crippen molar-refractivity contribution in [1.29, 1.82) is 0 Å². The highest BCUT2D eigenvalue weighted by Gasteiger charge is 2.23. The summed E-state index contributed by atoms with van der Waals surface area (Å²) in [6.45, 7) is 5.47. The van der Waals surface area contributed by atoms with Crippen LogP contribution in [0.1, 0.15) is 31.1 Å². The highest BCUT2D eigenvalue weighted by Crippen LogP contribution is 2.22. The number of carbonyl (C=O) groups is 2. The standard InChI is InChI=1S/C20H24N8O4S/c1-11(2)9-27-17(21)16(18(31)26(4)20(27)32)15(30)10-33-19-23-24-25-28(19)14-7-5-6-13(8-14)22-12(3)29/h5-8,11H,9-10,21H2,1-4H3,(H,22,29). The Morgan fingerprint density at radius 3 is 2.64 bits per heavy atom. The molecule has 0 fully saturated rings. The number of benzene rings is 1. The number of thioether (sulfide) groups is 1. The molecule has 12 nitrogen and oxygen atoms in total. The third kappa shape index (κ3) is 5.19. The van der Waals surface area contributed by atoms with E-state index in [2.05, 4.69) is 20.8 Å². The highest BCUT2D eigenvalue weighted by molar-refractivity contribution is 7.99. The normalized spacial score (nSPS) is 11.1. The van der Waals surface area contributed by atoms with E-state index in [-0.39, 0.29) is 35.5 Å². The molecule has 0 saturated heterocycles. The smallest absolute Gasteiger partial charge is 0.332 e. The number of hydrogen-bond acceptors (Lipinski definition) is 9. The second-order valence-corrected chi connectivity index (χ2v) is 8.67. The summed E-state index contributed by atoms with van der Waals surface area (Å²) in [7, 11) is 1.31. The summed E-state index contributed by atoms with van der Waals surface area (Å²) in [5.41, 5.74) is 5.65. The molecule has 0 radical (unpaired) electrons. The Bertz CT molecular complexity index is 1320. The highest BCUT2D eigenvalue weighted by atomic mass is 32.2. The summed E-state index contributed by atoms with van der Waals surface area (Å²) in [4.78, 5) is 49.3. The fraction of sp³-hybridized carbons (Fsp3) is 0.350. The molecule has 3 rings (SSSR count). The molecule has 0 spiro atoms. The zero-order valence-corrected chi connectivity index (χ0v) is 19.4. The molecular weight excluding hydrogens is 448 g/mol. The fourth-order valence-corrected chi connectivity index (χ4v) is 3.90. The van der Waals surface area contributed by atoms with Crippen molar-refractivity contribution < 1.29 is 9.59 Å². The number of aromatic nitrogens is 6. The maximum atomic E-state index is 13.0. The van der Waals surface area contributed by atoms with E-state index in [1.807, 2.05) is 13.8 Å². The molecule has 0 unspecified atom stereocenters. The van der Waals surface area contributed by atoms with Gasteiger partial charge in [-0.05, 0) is 34.5 Å². The van der Waals surface area contributed by atoms with E-state index >= 15 is 0 Å². The number of tetrazole rings is 1. The minimum Gasteiger partial charge on any atom is -0.384 e. The zero-order chi connectivity index (χ0) is 24.3. The first kappa shape index (κ1) is 23.9. The van der Waals surface area contributed by atoms with E-state index in [0.29, 0.717) is 16.5 Å². The van der Waals surface area contributed by atoms with Crippen LogP contribution in [-0.4, -0.2) is 46.8 Å². The second-order valence-electron chi connectivity index (χ2n) is 7.73. The molecule has 174 valence electrons. The predicted octanol–water partition coefficient (Wildman–Crippen LogP) is 0.694. The number of carbonyl (C=O) groups excluding carboxylic acids is 2. The Morgan fingerprint density at radius 1 is 1.24 bits per heavy atom. The Morgan fingerprint density at radius 2 is 1.97 bits per heavy atom. The van der Waals surface area contributed by atoms with Crippen molar-refractivity contribution in [2.45, 2.75) is 32.5 Å².